The van der Waals surface area contributed by atoms with E-state index in [0.29, 0.717) is 0 Å². The highest BCUT2D eigenvalue weighted by molar-refractivity contribution is 14.1. The second-order valence-electron chi connectivity index (χ2n) is 13.2. The van der Waals surface area contributed by atoms with Crippen molar-refractivity contribution < 1.29 is 79.8 Å². The highest BCUT2D eigenvalue weighted by atomic mass is 127. The average Bonchev–Trinajstić information content (AvgIpc) is 3.24. The molecular formula is C35H45I5N6O16. The Labute approximate surface area is 422 Å². The molecule has 0 heterocycles. The highest BCUT2D eigenvalue weighted by Crippen LogP contribution is 2.39. The van der Waals surface area contributed by atoms with E-state index < -0.39 is 126 Å². The van der Waals surface area contributed by atoms with Gasteiger partial charge in [-0.2, -0.15) is 0 Å². The number of aliphatic hydroxyl groups excluding tert-OH is 10. The maximum absolute atomic E-state index is 13.6. The van der Waals surface area contributed by atoms with Crippen LogP contribution < -0.4 is 31.1 Å². The summed E-state index contributed by atoms with van der Waals surface area (Å²) in [6.07, 6.45) is -5.99. The molecule has 27 heteroatoms. The van der Waals surface area contributed by atoms with Crippen molar-refractivity contribution in [1.29, 1.82) is 0 Å². The average molecular weight is 1440 g/mol. The van der Waals surface area contributed by atoms with Crippen LogP contribution >= 0.6 is 113 Å². The Morgan fingerprint density at radius 3 is 1.19 bits per heavy atom. The van der Waals surface area contributed by atoms with E-state index in [1.54, 1.807) is 113 Å². The first kappa shape index (κ1) is 56.6. The van der Waals surface area contributed by atoms with Crippen LogP contribution in [-0.2, 0) is 9.59 Å². The van der Waals surface area contributed by atoms with Gasteiger partial charge in [0.2, 0.25) is 12.8 Å². The van der Waals surface area contributed by atoms with E-state index in [2.05, 4.69) is 21.3 Å². The SMILES string of the molecule is Cc1c(C(=O)NC(CO)CO)c(I)c(C(=O)NCC(O)CO)c(I)c1N(C=O)CC(O)C(O)CN(C=O)c1c(I)c(C(=O)NCC(O)CO)c(I)c(C(=O)NC(CO)CO)c1I. The number of carbonyl (C=O) groups is 6. The summed E-state index contributed by atoms with van der Waals surface area (Å²) in [6, 6.07) is -2.24. The molecule has 0 saturated heterocycles. The third kappa shape index (κ3) is 14.3. The Kier molecular flexibility index (Phi) is 24.9. The van der Waals surface area contributed by atoms with Crippen LogP contribution in [0.15, 0.2) is 0 Å². The maximum Gasteiger partial charge on any atom is 0.253 e. The smallest absolute Gasteiger partial charge is 0.253 e. The molecule has 0 bridgehead atoms. The second kappa shape index (κ2) is 27.2. The van der Waals surface area contributed by atoms with Gasteiger partial charge in [0.05, 0.1) is 134 Å². The molecule has 0 aliphatic carbocycles. The molecule has 4 unspecified atom stereocenters. The number of nitrogens with zero attached hydrogens (tertiary/aromatic N) is 2. The number of rotatable bonds is 25. The maximum atomic E-state index is 13.6. The summed E-state index contributed by atoms with van der Waals surface area (Å²) in [5.41, 5.74) is -0.816. The van der Waals surface area contributed by atoms with Crippen molar-refractivity contribution in [3.63, 3.8) is 0 Å². The molecule has 0 aromatic heterocycles. The summed E-state index contributed by atoms with van der Waals surface area (Å²) in [4.78, 5) is 81.6. The molecule has 0 saturated carbocycles. The van der Waals surface area contributed by atoms with Crippen LogP contribution in [0.3, 0.4) is 0 Å². The van der Waals surface area contributed by atoms with E-state index in [1.807, 2.05) is 0 Å². The number of nitrogens with one attached hydrogen (secondary N) is 4. The normalized spacial score (nSPS) is 13.3. The van der Waals surface area contributed by atoms with E-state index in [1.165, 1.54) is 6.92 Å². The van der Waals surface area contributed by atoms with Crippen molar-refractivity contribution in [3.05, 3.63) is 45.7 Å². The zero-order valence-corrected chi connectivity index (χ0v) is 43.2. The minimum Gasteiger partial charge on any atom is -0.394 e. The molecule has 0 aliphatic heterocycles. The number of hydrogen-bond acceptors (Lipinski definition) is 16. The van der Waals surface area contributed by atoms with Crippen LogP contribution in [0.5, 0.6) is 0 Å². The van der Waals surface area contributed by atoms with E-state index >= 15 is 0 Å². The number of halogens is 5. The predicted molar refractivity (Wildman–Crippen MR) is 262 cm³/mol. The third-order valence-electron chi connectivity index (χ3n) is 8.81. The molecule has 6 amide bonds. The standard InChI is InChI=1S/C35H45I5N6O16/c1-14-21(34(61)43-15(6-47)7-48)25(36)22(32(59)41-2-17(55)10-51)27(38)30(14)45(12-53)4-19(57)20(58)5-46(13-54)31-28(39)23(33(60)42-3-18(56)11-52)26(37)24(29(31)40)35(62)44-16(8-49)9-50/h12-13,15-20,47-52,55-58H,2-11H2,1H3,(H,41,59)(H,42,60)(H,43,61)(H,44,62). The molecule has 0 spiro atoms. The first-order valence-corrected chi connectivity index (χ1v) is 23.4. The quantitative estimate of drug-likeness (QED) is 0.0342. The molecule has 22 nitrogen and oxygen atoms in total. The topological polar surface area (TPSA) is 359 Å². The van der Waals surface area contributed by atoms with Crippen molar-refractivity contribution in [2.45, 2.75) is 43.4 Å². The van der Waals surface area contributed by atoms with Gasteiger partial charge < -0.3 is 82.1 Å². The zero-order chi connectivity index (χ0) is 47.2. The van der Waals surface area contributed by atoms with E-state index in [-0.39, 0.29) is 69.9 Å². The number of amides is 6. The van der Waals surface area contributed by atoms with Gasteiger partial charge in [-0.3, -0.25) is 28.8 Å². The molecule has 2 aromatic rings. The molecule has 0 radical (unpaired) electrons. The van der Waals surface area contributed by atoms with Gasteiger partial charge >= 0.3 is 0 Å². The largest absolute Gasteiger partial charge is 0.394 e. The van der Waals surface area contributed by atoms with Gasteiger partial charge in [-0.1, -0.05) is 0 Å². The van der Waals surface area contributed by atoms with Crippen molar-refractivity contribution in [1.82, 2.24) is 21.3 Å². The predicted octanol–water partition coefficient (Wildman–Crippen LogP) is -3.30. The molecule has 2 aromatic carbocycles. The molecular weight excluding hydrogens is 1390 g/mol. The Hall–Kier alpha value is -1.49. The molecule has 2 rings (SSSR count). The van der Waals surface area contributed by atoms with Crippen molar-refractivity contribution >= 4 is 161 Å². The number of hydrogen-bond donors (Lipinski definition) is 14. The summed E-state index contributed by atoms with van der Waals surface area (Å²) in [5, 5.41) is 109. The Balaban J connectivity index is 2.73. The Morgan fingerprint density at radius 1 is 0.516 bits per heavy atom. The van der Waals surface area contributed by atoms with Crippen LogP contribution in [0.2, 0.25) is 0 Å². The fourth-order valence-electron chi connectivity index (χ4n) is 5.46. The summed E-state index contributed by atoms with van der Waals surface area (Å²) >= 11 is 8.60. The Morgan fingerprint density at radius 2 is 0.839 bits per heavy atom. The summed E-state index contributed by atoms with van der Waals surface area (Å²) in [7, 11) is 0. The van der Waals surface area contributed by atoms with Gasteiger partial charge in [-0.15, -0.1) is 0 Å². The summed E-state index contributed by atoms with van der Waals surface area (Å²) < 4.78 is 0.283. The van der Waals surface area contributed by atoms with Crippen LogP contribution in [-0.4, -0.2) is 190 Å². The first-order valence-electron chi connectivity index (χ1n) is 18.0. The second-order valence-corrected chi connectivity index (χ2v) is 18.6. The summed E-state index contributed by atoms with van der Waals surface area (Å²) in [6.45, 7) is -4.86. The Bertz CT molecular complexity index is 1810. The number of benzene rings is 2. The minimum atomic E-state index is -1.89. The fraction of sp³-hybridized carbons (Fsp3) is 0.486. The van der Waals surface area contributed by atoms with Crippen LogP contribution in [0.25, 0.3) is 0 Å². The van der Waals surface area contributed by atoms with Crippen molar-refractivity contribution in [2.24, 2.45) is 0 Å². The van der Waals surface area contributed by atoms with Gasteiger partial charge in [0, 0.05) is 20.2 Å². The lowest BCUT2D eigenvalue weighted by molar-refractivity contribution is -0.109. The van der Waals surface area contributed by atoms with E-state index in [4.69, 9.17) is 0 Å². The lowest BCUT2D eigenvalue weighted by atomic mass is 9.99. The monoisotopic (exact) mass is 1440 g/mol. The van der Waals surface area contributed by atoms with Crippen LogP contribution in [0.1, 0.15) is 47.0 Å². The van der Waals surface area contributed by atoms with Gasteiger partial charge in [0.15, 0.2) is 0 Å². The van der Waals surface area contributed by atoms with Gasteiger partial charge in [0.25, 0.3) is 23.6 Å². The first-order chi connectivity index (χ1) is 29.2. The number of aliphatic hydroxyl groups is 10. The minimum absolute atomic E-state index is 0.0488. The molecule has 346 valence electrons. The molecule has 14 N–H and O–H groups in total. The van der Waals surface area contributed by atoms with Crippen molar-refractivity contribution in [2.75, 3.05) is 75.6 Å². The van der Waals surface area contributed by atoms with Crippen LogP contribution in [0, 0.1) is 24.8 Å². The van der Waals surface area contributed by atoms with Gasteiger partial charge in [-0.05, 0) is 125 Å². The highest BCUT2D eigenvalue weighted by Gasteiger charge is 2.35. The van der Waals surface area contributed by atoms with E-state index in [9.17, 15) is 79.8 Å². The van der Waals surface area contributed by atoms with Crippen molar-refractivity contribution in [3.8, 4) is 0 Å². The molecule has 4 atom stereocenters. The molecule has 0 aliphatic rings. The third-order valence-corrected chi connectivity index (χ3v) is 14.1. The molecule has 0 fully saturated rings. The summed E-state index contributed by atoms with van der Waals surface area (Å²) in [5.74, 6) is -3.43. The molecule has 62 heavy (non-hydrogen) atoms. The fourth-order valence-corrected chi connectivity index (χ4v) is 13.1. The number of anilines is 2. The van der Waals surface area contributed by atoms with Gasteiger partial charge in [-0.25, -0.2) is 0 Å². The van der Waals surface area contributed by atoms with E-state index in [0.717, 1.165) is 9.80 Å². The zero-order valence-electron chi connectivity index (χ0n) is 32.4. The lowest BCUT2D eigenvalue weighted by Crippen LogP contribution is -2.46. The number of carbonyl (C=O) groups excluding carboxylic acids is 6. The van der Waals surface area contributed by atoms with Gasteiger partial charge in [0.1, 0.15) is 0 Å². The van der Waals surface area contributed by atoms with Crippen LogP contribution in [0.4, 0.5) is 11.4 Å². The lowest BCUT2D eigenvalue weighted by Gasteiger charge is -2.31.